The summed E-state index contributed by atoms with van der Waals surface area (Å²) in [5.41, 5.74) is 1.82. The number of hydrogen-bond acceptors (Lipinski definition) is 6. The van der Waals surface area contributed by atoms with Crippen LogP contribution in [0.25, 0.3) is 0 Å². The van der Waals surface area contributed by atoms with Crippen LogP contribution in [0.3, 0.4) is 0 Å². The molecule has 1 aromatic carbocycles. The van der Waals surface area contributed by atoms with E-state index in [1.54, 1.807) is 14.2 Å². The monoisotopic (exact) mass is 300 g/mol. The lowest BCUT2D eigenvalue weighted by Crippen LogP contribution is -2.34. The Morgan fingerprint density at radius 2 is 1.80 bits per heavy atom. The van der Waals surface area contributed by atoms with Crippen LogP contribution in [0.15, 0.2) is 12.1 Å². The third kappa shape index (κ3) is 3.47. The molecule has 0 fully saturated rings. The van der Waals surface area contributed by atoms with Crippen LogP contribution in [-0.4, -0.2) is 47.2 Å². The summed E-state index contributed by atoms with van der Waals surface area (Å²) in [5, 5.41) is 6.62. The molecule has 1 unspecified atom stereocenters. The number of rotatable bonds is 5. The molecule has 0 saturated heterocycles. The Hall–Kier alpha value is -1.63. The molecule has 1 atom stereocenters. The van der Waals surface area contributed by atoms with Gasteiger partial charge in [0.05, 0.1) is 31.3 Å². The lowest BCUT2D eigenvalue weighted by Gasteiger charge is -2.29. The molecule has 0 aromatic heterocycles. The molecule has 1 heterocycles. The average Bonchev–Trinajstić information content (AvgIpc) is 2.42. The van der Waals surface area contributed by atoms with Crippen LogP contribution < -0.4 is 20.1 Å². The summed E-state index contributed by atoms with van der Waals surface area (Å²) in [4.78, 5) is 0. The maximum absolute atomic E-state index is 11.2. The van der Waals surface area contributed by atoms with Gasteiger partial charge in [0.25, 0.3) is 0 Å². The average molecular weight is 300 g/mol. The van der Waals surface area contributed by atoms with Crippen LogP contribution in [0, 0.1) is 0 Å². The summed E-state index contributed by atoms with van der Waals surface area (Å²) in [5.74, 6) is 1.48. The second-order valence-corrected chi connectivity index (χ2v) is 7.15. The Morgan fingerprint density at radius 1 is 1.20 bits per heavy atom. The zero-order valence-electron chi connectivity index (χ0n) is 11.9. The molecule has 7 heteroatoms. The van der Waals surface area contributed by atoms with E-state index in [0.717, 1.165) is 11.4 Å². The molecule has 0 aliphatic carbocycles. The second kappa shape index (κ2) is 5.78. The van der Waals surface area contributed by atoms with Crippen molar-refractivity contribution in [3.63, 3.8) is 0 Å². The van der Waals surface area contributed by atoms with E-state index in [4.69, 9.17) is 9.47 Å². The predicted molar refractivity (Wildman–Crippen MR) is 79.8 cm³/mol. The quantitative estimate of drug-likeness (QED) is 0.854. The lowest BCUT2D eigenvalue weighted by molar-refractivity contribution is 0.355. The first-order valence-corrected chi connectivity index (χ1v) is 8.43. The topological polar surface area (TPSA) is 76.7 Å². The molecule has 0 saturated carbocycles. The van der Waals surface area contributed by atoms with Crippen molar-refractivity contribution < 1.29 is 17.9 Å². The van der Waals surface area contributed by atoms with Gasteiger partial charge < -0.3 is 20.1 Å². The number of methoxy groups -OCH3 is 2. The number of hydrogen-bond donors (Lipinski definition) is 2. The number of ether oxygens (including phenoxy) is 2. The summed E-state index contributed by atoms with van der Waals surface area (Å²) in [6.07, 6.45) is 1.82. The van der Waals surface area contributed by atoms with E-state index in [1.807, 2.05) is 12.1 Å². The molecular weight excluding hydrogens is 280 g/mol. The first kappa shape index (κ1) is 14.8. The molecule has 2 N–H and O–H groups in total. The largest absolute Gasteiger partial charge is 0.493 e. The van der Waals surface area contributed by atoms with Crippen molar-refractivity contribution in [2.24, 2.45) is 0 Å². The standard InChI is InChI=1S/C13H20N2O4S/c1-18-12-6-10-11(7-13(12)19-2)15-9(8-14-10)4-5-20(3,16)17/h6-7,9,14-15H,4-5,8H2,1-3H3. The van der Waals surface area contributed by atoms with Crippen molar-refractivity contribution in [3.8, 4) is 11.5 Å². The van der Waals surface area contributed by atoms with Gasteiger partial charge >= 0.3 is 0 Å². The minimum Gasteiger partial charge on any atom is -0.493 e. The van der Waals surface area contributed by atoms with Crippen molar-refractivity contribution in [2.75, 3.05) is 43.4 Å². The molecule has 0 bridgehead atoms. The van der Waals surface area contributed by atoms with Gasteiger partial charge in [0.1, 0.15) is 9.84 Å². The van der Waals surface area contributed by atoms with E-state index in [2.05, 4.69) is 10.6 Å². The summed E-state index contributed by atoms with van der Waals surface area (Å²) in [6.45, 7) is 0.679. The highest BCUT2D eigenvalue weighted by molar-refractivity contribution is 7.90. The molecule has 6 nitrogen and oxygen atoms in total. The number of anilines is 2. The molecule has 0 amide bonds. The maximum Gasteiger partial charge on any atom is 0.162 e. The van der Waals surface area contributed by atoms with Gasteiger partial charge in [-0.1, -0.05) is 0 Å². The molecule has 1 aliphatic heterocycles. The van der Waals surface area contributed by atoms with Crippen LogP contribution >= 0.6 is 0 Å². The Kier molecular flexibility index (Phi) is 4.27. The highest BCUT2D eigenvalue weighted by Crippen LogP contribution is 2.38. The zero-order chi connectivity index (χ0) is 14.8. The van der Waals surface area contributed by atoms with E-state index < -0.39 is 9.84 Å². The fourth-order valence-corrected chi connectivity index (χ4v) is 2.89. The second-order valence-electron chi connectivity index (χ2n) is 4.89. The summed E-state index contributed by atoms with van der Waals surface area (Å²) in [7, 11) is 0.241. The Labute approximate surface area is 119 Å². The number of sulfone groups is 1. The van der Waals surface area contributed by atoms with E-state index in [-0.39, 0.29) is 11.8 Å². The zero-order valence-corrected chi connectivity index (χ0v) is 12.7. The fourth-order valence-electron chi connectivity index (χ4n) is 2.18. The van der Waals surface area contributed by atoms with Crippen molar-refractivity contribution in [3.05, 3.63) is 12.1 Å². The SMILES string of the molecule is COc1cc2c(cc1OC)NC(CCS(C)(=O)=O)CN2. The fraction of sp³-hybridized carbons (Fsp3) is 0.538. The third-order valence-corrected chi connectivity index (χ3v) is 4.24. The Morgan fingerprint density at radius 3 is 2.35 bits per heavy atom. The molecular formula is C13H20N2O4S. The van der Waals surface area contributed by atoms with Gasteiger partial charge in [0, 0.05) is 31.0 Å². The van der Waals surface area contributed by atoms with Crippen molar-refractivity contribution in [1.29, 1.82) is 0 Å². The van der Waals surface area contributed by atoms with Crippen molar-refractivity contribution in [2.45, 2.75) is 12.5 Å². The summed E-state index contributed by atoms with van der Waals surface area (Å²) >= 11 is 0. The molecule has 1 aliphatic rings. The van der Waals surface area contributed by atoms with Gasteiger partial charge in [-0.2, -0.15) is 0 Å². The normalized spacial score (nSPS) is 17.6. The van der Waals surface area contributed by atoms with Gasteiger partial charge in [-0.3, -0.25) is 0 Å². The molecule has 0 radical (unpaired) electrons. The smallest absolute Gasteiger partial charge is 0.162 e. The Bertz CT molecular complexity index is 586. The molecule has 0 spiro atoms. The van der Waals surface area contributed by atoms with Gasteiger partial charge in [-0.05, 0) is 6.42 Å². The van der Waals surface area contributed by atoms with Crippen LogP contribution in [0.2, 0.25) is 0 Å². The van der Waals surface area contributed by atoms with Crippen LogP contribution in [-0.2, 0) is 9.84 Å². The molecule has 1 aromatic rings. The van der Waals surface area contributed by atoms with Crippen molar-refractivity contribution >= 4 is 21.2 Å². The number of nitrogens with one attached hydrogen (secondary N) is 2. The summed E-state index contributed by atoms with van der Waals surface area (Å²) in [6, 6.07) is 3.80. The summed E-state index contributed by atoms with van der Waals surface area (Å²) < 4.78 is 32.9. The van der Waals surface area contributed by atoms with Gasteiger partial charge in [0.15, 0.2) is 11.5 Å². The van der Waals surface area contributed by atoms with E-state index in [9.17, 15) is 8.42 Å². The van der Waals surface area contributed by atoms with E-state index >= 15 is 0 Å². The highest BCUT2D eigenvalue weighted by Gasteiger charge is 2.21. The third-order valence-electron chi connectivity index (χ3n) is 3.26. The maximum atomic E-state index is 11.2. The molecule has 20 heavy (non-hydrogen) atoms. The van der Waals surface area contributed by atoms with Gasteiger partial charge in [-0.15, -0.1) is 0 Å². The van der Waals surface area contributed by atoms with Gasteiger partial charge in [-0.25, -0.2) is 8.42 Å². The van der Waals surface area contributed by atoms with E-state index in [1.165, 1.54) is 6.26 Å². The predicted octanol–water partition coefficient (Wildman–Crippen LogP) is 1.34. The van der Waals surface area contributed by atoms with E-state index in [0.29, 0.717) is 24.5 Å². The minimum atomic E-state index is -2.94. The first-order chi connectivity index (χ1) is 9.43. The van der Waals surface area contributed by atoms with Gasteiger partial charge in [0.2, 0.25) is 0 Å². The minimum absolute atomic E-state index is 0.0790. The molecule has 112 valence electrons. The van der Waals surface area contributed by atoms with Crippen LogP contribution in [0.5, 0.6) is 11.5 Å². The highest BCUT2D eigenvalue weighted by atomic mass is 32.2. The lowest BCUT2D eigenvalue weighted by atomic mass is 10.1. The number of fused-ring (bicyclic) bond motifs is 1. The number of benzene rings is 1. The first-order valence-electron chi connectivity index (χ1n) is 6.37. The van der Waals surface area contributed by atoms with Crippen LogP contribution in [0.4, 0.5) is 11.4 Å². The van der Waals surface area contributed by atoms with Crippen LogP contribution in [0.1, 0.15) is 6.42 Å². The van der Waals surface area contributed by atoms with Crippen molar-refractivity contribution in [1.82, 2.24) is 0 Å². The Balaban J connectivity index is 2.13. The molecule has 2 rings (SSSR count).